The van der Waals surface area contributed by atoms with E-state index in [1.54, 1.807) is 6.92 Å². The number of hydrogen-bond donors (Lipinski definition) is 0. The maximum Gasteiger partial charge on any atom is 0.333 e. The highest BCUT2D eigenvalue weighted by molar-refractivity contribution is 6.71. The molecule has 9 heteroatoms. The summed E-state index contributed by atoms with van der Waals surface area (Å²) in [6, 6.07) is 0. The Hall–Kier alpha value is -0.0425. The van der Waals surface area contributed by atoms with Crippen molar-refractivity contribution in [2.24, 2.45) is 0 Å². The van der Waals surface area contributed by atoms with E-state index in [-0.39, 0.29) is 5.97 Å². The molecule has 28 heavy (non-hydrogen) atoms. The van der Waals surface area contributed by atoms with E-state index in [2.05, 4.69) is 72.4 Å². The summed E-state index contributed by atoms with van der Waals surface area (Å²) in [6.07, 6.45) is 1.44. The number of esters is 1. The number of carbonyl (C=O) groups is 1. The Bertz CT molecular complexity index is 530. The van der Waals surface area contributed by atoms with Crippen LogP contribution < -0.4 is 0 Å². The van der Waals surface area contributed by atoms with E-state index in [1.807, 2.05) is 0 Å². The topological polar surface area (TPSA) is 54.0 Å². The molecule has 0 radical (unpaired) electrons. The molecule has 0 heterocycles. The summed E-state index contributed by atoms with van der Waals surface area (Å²) in [7, 11) is -4.92. The van der Waals surface area contributed by atoms with Gasteiger partial charge in [0.1, 0.15) is 0 Å². The van der Waals surface area contributed by atoms with Gasteiger partial charge >= 0.3 is 5.97 Å². The molecule has 0 aliphatic carbocycles. The molecule has 0 aliphatic heterocycles. The summed E-state index contributed by atoms with van der Waals surface area (Å²) in [6.45, 7) is 27.4. The fraction of sp³-hybridized carbons (Fsp3) is 0.842. The summed E-state index contributed by atoms with van der Waals surface area (Å²) >= 11 is 0. The van der Waals surface area contributed by atoms with Gasteiger partial charge in [-0.1, -0.05) is 6.58 Å². The van der Waals surface area contributed by atoms with Crippen molar-refractivity contribution >= 4 is 41.2 Å². The first kappa shape index (κ1) is 28.0. The van der Waals surface area contributed by atoms with Crippen LogP contribution >= 0.6 is 0 Å². The van der Waals surface area contributed by atoms with Gasteiger partial charge in [-0.3, -0.25) is 0 Å². The Labute approximate surface area is 179 Å². The Kier molecular flexibility index (Phi) is 9.83. The summed E-state index contributed by atoms with van der Waals surface area (Å²) in [5, 5.41) is -0.506. The summed E-state index contributed by atoms with van der Waals surface area (Å²) in [5.74, 6) is -1.14. The third-order valence-corrected chi connectivity index (χ3v) is 8.96. The Morgan fingerprint density at radius 1 is 0.893 bits per heavy atom. The van der Waals surface area contributed by atoms with Gasteiger partial charge in [0.25, 0.3) is 0 Å². The second-order valence-electron chi connectivity index (χ2n) is 10.8. The lowest BCUT2D eigenvalue weighted by molar-refractivity contribution is -0.200. The normalized spacial score (nSPS) is 16.0. The van der Waals surface area contributed by atoms with Gasteiger partial charge in [-0.05, 0) is 85.6 Å². The van der Waals surface area contributed by atoms with Crippen molar-refractivity contribution in [1.82, 2.24) is 0 Å². The van der Waals surface area contributed by atoms with Crippen molar-refractivity contribution in [2.75, 3.05) is 6.61 Å². The highest BCUT2D eigenvalue weighted by Gasteiger charge is 2.52. The van der Waals surface area contributed by atoms with E-state index >= 15 is 0 Å². The fourth-order valence-electron chi connectivity index (χ4n) is 3.15. The van der Waals surface area contributed by atoms with Crippen molar-refractivity contribution < 1.29 is 22.8 Å². The molecular weight excluding hydrogens is 421 g/mol. The lowest BCUT2D eigenvalue weighted by Crippen LogP contribution is -2.66. The number of carbonyl (C=O) groups excluding carboxylic acids is 1. The van der Waals surface area contributed by atoms with Crippen LogP contribution in [0.5, 0.6) is 0 Å². The molecule has 166 valence electrons. The first-order valence-electron chi connectivity index (χ1n) is 10.1. The molecule has 0 saturated heterocycles. The van der Waals surface area contributed by atoms with E-state index in [0.717, 1.165) is 16.7 Å². The van der Waals surface area contributed by atoms with Crippen molar-refractivity contribution in [2.45, 2.75) is 96.6 Å². The van der Waals surface area contributed by atoms with E-state index in [0.29, 0.717) is 18.6 Å². The number of hydrogen-bond acceptors (Lipinski definition) is 5. The molecular formula is C19H44O5Si4. The van der Waals surface area contributed by atoms with Crippen molar-refractivity contribution in [3.63, 3.8) is 0 Å². The lowest BCUT2D eigenvalue weighted by atomic mass is 10.1. The minimum Gasteiger partial charge on any atom is -0.462 e. The predicted molar refractivity (Wildman–Crippen MR) is 129 cm³/mol. The number of ether oxygens (including phenoxy) is 1. The zero-order valence-electron chi connectivity index (χ0n) is 20.4. The van der Waals surface area contributed by atoms with Crippen LogP contribution in [0.3, 0.4) is 0 Å². The zero-order valence-corrected chi connectivity index (χ0v) is 25.4. The van der Waals surface area contributed by atoms with Crippen LogP contribution in [0.1, 0.15) is 26.7 Å². The second-order valence-corrected chi connectivity index (χ2v) is 25.7. The first-order valence-corrected chi connectivity index (χ1v) is 21.4. The van der Waals surface area contributed by atoms with Crippen LogP contribution in [0.4, 0.5) is 0 Å². The highest BCUT2D eigenvalue weighted by Crippen LogP contribution is 2.39. The molecule has 5 nitrogen and oxygen atoms in total. The third kappa shape index (κ3) is 10.7. The molecule has 1 atom stereocenters. The second kappa shape index (κ2) is 9.84. The third-order valence-electron chi connectivity index (χ3n) is 3.87. The molecule has 0 aromatic rings. The van der Waals surface area contributed by atoms with Crippen molar-refractivity contribution in [1.29, 1.82) is 0 Å². The van der Waals surface area contributed by atoms with Crippen LogP contribution in [0, 0.1) is 0 Å². The molecule has 0 bridgehead atoms. The summed E-state index contributed by atoms with van der Waals surface area (Å²) < 4.78 is 25.5. The predicted octanol–water partition coefficient (Wildman–Crippen LogP) is 4.22. The SMILES string of the molecule is C=C(C)C(=O)OCCCC([SiH3])(O[Si](C)(C)C)C(C)(O[Si](C)(C)C)O[Si](C)(C)C. The average Bonchev–Trinajstić information content (AvgIpc) is 2.36. The van der Waals surface area contributed by atoms with Crippen LogP contribution in [0.15, 0.2) is 12.2 Å². The van der Waals surface area contributed by atoms with Gasteiger partial charge < -0.3 is 18.0 Å². The van der Waals surface area contributed by atoms with E-state index in [4.69, 9.17) is 18.0 Å². The summed E-state index contributed by atoms with van der Waals surface area (Å²) in [4.78, 5) is 11.7. The van der Waals surface area contributed by atoms with Crippen molar-refractivity contribution in [3.05, 3.63) is 12.2 Å². The maximum atomic E-state index is 11.7. The largest absolute Gasteiger partial charge is 0.462 e. The summed E-state index contributed by atoms with van der Waals surface area (Å²) in [5.41, 5.74) is 0.421. The molecule has 0 rings (SSSR count). The molecule has 0 aliphatic rings. The molecule has 0 saturated carbocycles. The molecule has 0 N–H and O–H groups in total. The molecule has 0 amide bonds. The standard InChI is InChI=1S/C19H44O5Si4/c1-16(2)17(20)21-15-13-14-19(25,24-28(10,11)12)18(3,22-26(4,5)6)23-27(7,8)9/h1,13-15H2,2-12,25H3. The maximum absolute atomic E-state index is 11.7. The highest BCUT2D eigenvalue weighted by atomic mass is 28.4. The quantitative estimate of drug-likeness (QED) is 0.142. The molecule has 0 aromatic heterocycles. The van der Waals surface area contributed by atoms with Crippen LogP contribution in [-0.2, 0) is 22.8 Å². The Balaban J connectivity index is 5.74. The van der Waals surface area contributed by atoms with Crippen LogP contribution in [-0.4, -0.2) is 58.8 Å². The van der Waals surface area contributed by atoms with Gasteiger partial charge in [0.15, 0.2) is 30.7 Å². The van der Waals surface area contributed by atoms with E-state index in [1.165, 1.54) is 0 Å². The fourth-order valence-corrected chi connectivity index (χ4v) is 10.5. The Morgan fingerprint density at radius 3 is 1.61 bits per heavy atom. The lowest BCUT2D eigenvalue weighted by Gasteiger charge is -2.53. The average molecular weight is 465 g/mol. The van der Waals surface area contributed by atoms with Gasteiger partial charge in [-0.15, -0.1) is 0 Å². The van der Waals surface area contributed by atoms with Crippen molar-refractivity contribution in [3.8, 4) is 0 Å². The van der Waals surface area contributed by atoms with Gasteiger partial charge in [0.2, 0.25) is 0 Å². The zero-order chi connectivity index (χ0) is 22.6. The smallest absolute Gasteiger partial charge is 0.333 e. The van der Waals surface area contributed by atoms with Crippen LogP contribution in [0.25, 0.3) is 0 Å². The molecule has 0 aromatic carbocycles. The van der Waals surface area contributed by atoms with Gasteiger partial charge in [-0.2, -0.15) is 0 Å². The van der Waals surface area contributed by atoms with E-state index in [9.17, 15) is 4.79 Å². The minimum atomic E-state index is -1.90. The molecule has 1 unspecified atom stereocenters. The minimum absolute atomic E-state index is 0.343. The molecule has 0 fully saturated rings. The van der Waals surface area contributed by atoms with Gasteiger partial charge in [0, 0.05) is 15.8 Å². The monoisotopic (exact) mass is 464 g/mol. The molecule has 0 spiro atoms. The van der Waals surface area contributed by atoms with Gasteiger partial charge in [0.05, 0.1) is 11.8 Å². The van der Waals surface area contributed by atoms with Gasteiger partial charge in [-0.25, -0.2) is 4.79 Å². The van der Waals surface area contributed by atoms with E-state index < -0.39 is 36.0 Å². The van der Waals surface area contributed by atoms with Crippen LogP contribution in [0.2, 0.25) is 58.9 Å². The number of rotatable bonds is 12. The first-order chi connectivity index (χ1) is 12.2. The Morgan fingerprint density at radius 2 is 1.29 bits per heavy atom.